The van der Waals surface area contributed by atoms with E-state index in [0.717, 1.165) is 5.56 Å². The monoisotopic (exact) mass is 406 g/mol. The molecule has 1 aromatic heterocycles. The molecule has 0 amide bonds. The summed E-state index contributed by atoms with van der Waals surface area (Å²) in [4.78, 5) is 23.5. The number of furan rings is 1. The van der Waals surface area contributed by atoms with Gasteiger partial charge in [-0.25, -0.2) is 4.79 Å². The average molecular weight is 406 g/mol. The third-order valence-electron chi connectivity index (χ3n) is 4.55. The number of carboxylic acid groups (broad SMARTS) is 1. The Bertz CT molecular complexity index is 1110. The first kappa shape index (κ1) is 19.3. The number of carboxylic acids is 1. The van der Waals surface area contributed by atoms with Crippen LogP contribution in [0.5, 0.6) is 17.2 Å². The number of hydrogen-bond donors (Lipinski definition) is 1. The number of allylic oxidation sites excluding steroid dienone is 1. The molecule has 0 aliphatic carbocycles. The Kier molecular flexibility index (Phi) is 5.26. The molecule has 1 aliphatic heterocycles. The number of fused-ring (bicyclic) bond motifs is 1. The molecule has 0 bridgehead atoms. The molecule has 7 heteroatoms. The van der Waals surface area contributed by atoms with E-state index in [1.54, 1.807) is 55.7 Å². The van der Waals surface area contributed by atoms with Gasteiger partial charge in [-0.2, -0.15) is 0 Å². The second kappa shape index (κ2) is 8.16. The lowest BCUT2D eigenvalue weighted by atomic mass is 10.1. The number of ketones is 1. The van der Waals surface area contributed by atoms with Crippen LogP contribution in [0.2, 0.25) is 0 Å². The van der Waals surface area contributed by atoms with Crippen LogP contribution < -0.4 is 14.2 Å². The van der Waals surface area contributed by atoms with Crippen molar-refractivity contribution in [3.8, 4) is 28.6 Å². The van der Waals surface area contributed by atoms with Gasteiger partial charge < -0.3 is 23.7 Å². The zero-order valence-electron chi connectivity index (χ0n) is 16.1. The minimum Gasteiger partial charge on any atom is -0.493 e. The van der Waals surface area contributed by atoms with Gasteiger partial charge in [0.05, 0.1) is 7.11 Å². The van der Waals surface area contributed by atoms with E-state index in [2.05, 4.69) is 0 Å². The van der Waals surface area contributed by atoms with Crippen LogP contribution in [-0.4, -0.2) is 37.2 Å². The highest BCUT2D eigenvalue weighted by Crippen LogP contribution is 2.40. The molecule has 1 N–H and O–H groups in total. The quantitative estimate of drug-likeness (QED) is 0.481. The number of carbonyl (C=O) groups excluding carboxylic acids is 1. The Labute approximate surface area is 172 Å². The summed E-state index contributed by atoms with van der Waals surface area (Å²) >= 11 is 0. The van der Waals surface area contributed by atoms with E-state index in [1.165, 1.54) is 12.1 Å². The highest BCUT2D eigenvalue weighted by atomic mass is 16.6. The summed E-state index contributed by atoms with van der Waals surface area (Å²) in [6.07, 6.45) is 3.15. The Hall–Kier alpha value is -4.00. The predicted octanol–water partition coefficient (Wildman–Crippen LogP) is 4.32. The lowest BCUT2D eigenvalue weighted by Crippen LogP contribution is -2.16. The van der Waals surface area contributed by atoms with Gasteiger partial charge in [-0.05, 0) is 35.9 Å². The number of aromatic carboxylic acids is 1. The van der Waals surface area contributed by atoms with Crippen LogP contribution in [0.15, 0.2) is 59.0 Å². The molecule has 30 heavy (non-hydrogen) atoms. The van der Waals surface area contributed by atoms with Crippen molar-refractivity contribution in [1.82, 2.24) is 0 Å². The van der Waals surface area contributed by atoms with E-state index in [1.807, 2.05) is 0 Å². The summed E-state index contributed by atoms with van der Waals surface area (Å²) in [5, 5.41) is 8.94. The molecule has 0 radical (unpaired) electrons. The lowest BCUT2D eigenvalue weighted by Gasteiger charge is -2.20. The first-order valence-corrected chi connectivity index (χ1v) is 9.19. The number of hydrogen-bond acceptors (Lipinski definition) is 6. The average Bonchev–Trinajstić information content (AvgIpc) is 3.27. The van der Waals surface area contributed by atoms with Crippen molar-refractivity contribution in [1.29, 1.82) is 0 Å². The van der Waals surface area contributed by atoms with E-state index in [9.17, 15) is 9.59 Å². The van der Waals surface area contributed by atoms with Crippen LogP contribution in [0.1, 0.15) is 26.5 Å². The van der Waals surface area contributed by atoms with Crippen molar-refractivity contribution in [3.63, 3.8) is 0 Å². The van der Waals surface area contributed by atoms with Gasteiger partial charge in [0.1, 0.15) is 19.0 Å². The van der Waals surface area contributed by atoms with Crippen molar-refractivity contribution in [3.05, 3.63) is 71.5 Å². The van der Waals surface area contributed by atoms with E-state index in [0.29, 0.717) is 47.3 Å². The minimum absolute atomic E-state index is 0.136. The minimum atomic E-state index is -1.13. The highest BCUT2D eigenvalue weighted by Gasteiger charge is 2.18. The molecular weight excluding hydrogens is 388 g/mol. The molecule has 0 saturated heterocycles. The van der Waals surface area contributed by atoms with Gasteiger partial charge in [0.15, 0.2) is 17.3 Å². The van der Waals surface area contributed by atoms with Crippen LogP contribution in [0.3, 0.4) is 0 Å². The summed E-state index contributed by atoms with van der Waals surface area (Å²) in [6, 6.07) is 13.3. The Morgan fingerprint density at radius 3 is 2.50 bits per heavy atom. The molecule has 1 aliphatic rings. The van der Waals surface area contributed by atoms with Crippen LogP contribution in [-0.2, 0) is 0 Å². The fraction of sp³-hybridized carbons (Fsp3) is 0.130. The third kappa shape index (κ3) is 3.91. The van der Waals surface area contributed by atoms with Gasteiger partial charge in [0.25, 0.3) is 0 Å². The third-order valence-corrected chi connectivity index (χ3v) is 4.55. The van der Waals surface area contributed by atoms with Crippen molar-refractivity contribution in [2.45, 2.75) is 0 Å². The predicted molar refractivity (Wildman–Crippen MR) is 108 cm³/mol. The first-order valence-electron chi connectivity index (χ1n) is 9.19. The number of ether oxygens (including phenoxy) is 3. The van der Waals surface area contributed by atoms with E-state index in [4.69, 9.17) is 23.7 Å². The summed E-state index contributed by atoms with van der Waals surface area (Å²) in [6.45, 7) is 0.918. The Balaban J connectivity index is 1.51. The van der Waals surface area contributed by atoms with Gasteiger partial charge in [0.2, 0.25) is 11.5 Å². The van der Waals surface area contributed by atoms with Crippen LogP contribution in [0.25, 0.3) is 17.4 Å². The Morgan fingerprint density at radius 2 is 1.80 bits per heavy atom. The molecular formula is C23H18O7. The standard InChI is InChI=1S/C23H18O7/c1-27-20-12-14(13-21-22(20)29-11-10-28-21)2-7-17(24)15-3-5-16(6-4-15)18-8-9-19(30-18)23(25)26/h2-9,12-13H,10-11H2,1H3,(H,25,26)/b7-2+. The Morgan fingerprint density at radius 1 is 1.03 bits per heavy atom. The first-order chi connectivity index (χ1) is 14.5. The van der Waals surface area contributed by atoms with Gasteiger partial charge in [-0.15, -0.1) is 0 Å². The molecule has 0 unspecified atom stereocenters. The van der Waals surface area contributed by atoms with Crippen molar-refractivity contribution < 1.29 is 33.3 Å². The van der Waals surface area contributed by atoms with E-state index < -0.39 is 5.97 Å². The van der Waals surface area contributed by atoms with Gasteiger partial charge in [-0.3, -0.25) is 4.79 Å². The zero-order chi connectivity index (χ0) is 21.1. The maximum Gasteiger partial charge on any atom is 0.371 e. The van der Waals surface area contributed by atoms with Crippen LogP contribution in [0, 0.1) is 0 Å². The highest BCUT2D eigenvalue weighted by molar-refractivity contribution is 6.07. The van der Waals surface area contributed by atoms with E-state index >= 15 is 0 Å². The molecule has 7 nitrogen and oxygen atoms in total. The van der Waals surface area contributed by atoms with Crippen molar-refractivity contribution in [2.24, 2.45) is 0 Å². The normalized spacial score (nSPS) is 12.7. The summed E-state index contributed by atoms with van der Waals surface area (Å²) in [5.41, 5.74) is 1.92. The van der Waals surface area contributed by atoms with Crippen LogP contribution >= 0.6 is 0 Å². The largest absolute Gasteiger partial charge is 0.493 e. The lowest BCUT2D eigenvalue weighted by molar-refractivity contribution is 0.0663. The second-order valence-corrected chi connectivity index (χ2v) is 6.49. The summed E-state index contributed by atoms with van der Waals surface area (Å²) < 4.78 is 21.8. The maximum absolute atomic E-state index is 12.5. The molecule has 3 aromatic rings. The molecule has 0 saturated carbocycles. The number of rotatable bonds is 6. The zero-order valence-corrected chi connectivity index (χ0v) is 16.1. The smallest absolute Gasteiger partial charge is 0.371 e. The molecule has 0 atom stereocenters. The SMILES string of the molecule is COc1cc(/C=C/C(=O)c2ccc(-c3ccc(C(=O)O)o3)cc2)cc2c1OCCO2. The number of carbonyl (C=O) groups is 2. The fourth-order valence-corrected chi connectivity index (χ4v) is 3.06. The van der Waals surface area contributed by atoms with Crippen molar-refractivity contribution in [2.75, 3.05) is 20.3 Å². The molecule has 2 heterocycles. The molecule has 152 valence electrons. The van der Waals surface area contributed by atoms with Gasteiger partial charge in [-0.1, -0.05) is 30.3 Å². The van der Waals surface area contributed by atoms with Crippen molar-refractivity contribution >= 4 is 17.8 Å². The van der Waals surface area contributed by atoms with Gasteiger partial charge in [0, 0.05) is 11.1 Å². The second-order valence-electron chi connectivity index (χ2n) is 6.49. The molecule has 0 fully saturated rings. The van der Waals surface area contributed by atoms with Crippen LogP contribution in [0.4, 0.5) is 0 Å². The number of benzene rings is 2. The number of methoxy groups -OCH3 is 1. The molecule has 0 spiro atoms. The maximum atomic E-state index is 12.5. The van der Waals surface area contributed by atoms with Gasteiger partial charge >= 0.3 is 5.97 Å². The summed E-state index contributed by atoms with van der Waals surface area (Å²) in [5.74, 6) is 0.661. The fourth-order valence-electron chi connectivity index (χ4n) is 3.06. The summed E-state index contributed by atoms with van der Waals surface area (Å²) in [7, 11) is 1.55. The van der Waals surface area contributed by atoms with E-state index in [-0.39, 0.29) is 11.5 Å². The topological polar surface area (TPSA) is 95.2 Å². The molecule has 4 rings (SSSR count). The molecule has 2 aromatic carbocycles.